The van der Waals surface area contributed by atoms with Crippen LogP contribution in [0.5, 0.6) is 0 Å². The Morgan fingerprint density at radius 1 is 1.07 bits per heavy atom. The predicted octanol–water partition coefficient (Wildman–Crippen LogP) is 5.31. The van der Waals surface area contributed by atoms with Crippen molar-refractivity contribution < 1.29 is 8.78 Å². The molecule has 0 radical (unpaired) electrons. The quantitative estimate of drug-likeness (QED) is 0.510. The zero-order valence-corrected chi connectivity index (χ0v) is 15.8. The molecular weight excluding hydrogens is 378 g/mol. The summed E-state index contributed by atoms with van der Waals surface area (Å²) in [7, 11) is 0. The van der Waals surface area contributed by atoms with Gasteiger partial charge in [0.15, 0.2) is 17.5 Å². The number of aromatic nitrogens is 3. The van der Waals surface area contributed by atoms with Crippen molar-refractivity contribution in [2.75, 3.05) is 5.32 Å². The molecule has 1 saturated carbocycles. The number of thiophene rings is 1. The van der Waals surface area contributed by atoms with Gasteiger partial charge >= 0.3 is 0 Å². The van der Waals surface area contributed by atoms with Gasteiger partial charge in [-0.1, -0.05) is 12.1 Å². The maximum atomic E-state index is 13.6. The number of fused-ring (bicyclic) bond motifs is 1. The molecule has 0 amide bonds. The van der Waals surface area contributed by atoms with Crippen LogP contribution in [0.1, 0.15) is 22.8 Å². The van der Waals surface area contributed by atoms with Crippen molar-refractivity contribution in [2.24, 2.45) is 0 Å². The number of halogens is 2. The summed E-state index contributed by atoms with van der Waals surface area (Å²) in [6.07, 6.45) is 2.56. The van der Waals surface area contributed by atoms with E-state index in [0.717, 1.165) is 32.9 Å². The Morgan fingerprint density at radius 2 is 1.96 bits per heavy atom. The monoisotopic (exact) mass is 394 g/mol. The number of hydrogen-bond donors (Lipinski definition) is 1. The first kappa shape index (κ1) is 17.2. The molecule has 0 bridgehead atoms. The minimum Gasteiger partial charge on any atom is -0.366 e. The number of hydrogen-bond acceptors (Lipinski definition) is 5. The molecule has 1 fully saturated rings. The van der Waals surface area contributed by atoms with Crippen molar-refractivity contribution in [1.82, 2.24) is 15.0 Å². The second-order valence-electron chi connectivity index (χ2n) is 6.95. The van der Waals surface area contributed by atoms with Crippen LogP contribution in [0.4, 0.5) is 14.6 Å². The fraction of sp³-hybridized carbons (Fsp3) is 0.190. The molecule has 0 unspecified atom stereocenters. The van der Waals surface area contributed by atoms with Gasteiger partial charge in [0, 0.05) is 23.0 Å². The Bertz CT molecular complexity index is 1180. The van der Waals surface area contributed by atoms with Crippen LogP contribution in [0, 0.1) is 18.6 Å². The molecule has 28 heavy (non-hydrogen) atoms. The van der Waals surface area contributed by atoms with Gasteiger partial charge in [0.1, 0.15) is 16.3 Å². The van der Waals surface area contributed by atoms with Crippen molar-refractivity contribution in [2.45, 2.75) is 25.3 Å². The fourth-order valence-electron chi connectivity index (χ4n) is 3.40. The van der Waals surface area contributed by atoms with Gasteiger partial charge in [-0.2, -0.15) is 0 Å². The maximum Gasteiger partial charge on any atom is 0.181 e. The standard InChI is InChI=1S/C21H16F2N4S/c1-11-8-14-19(25-18-10-13(18)12-5-6-15(22)16(23)9-12)26-20(27-21(14)28-11)17-4-2-3-7-24-17/h2-9,13,18H,10H2,1H3,(H,25,26,27)/t13-,18+/m0/s1. The summed E-state index contributed by atoms with van der Waals surface area (Å²) in [6.45, 7) is 2.04. The van der Waals surface area contributed by atoms with Crippen LogP contribution in [-0.2, 0) is 0 Å². The summed E-state index contributed by atoms with van der Waals surface area (Å²) in [5.74, 6) is -0.163. The van der Waals surface area contributed by atoms with Crippen LogP contribution in [0.15, 0.2) is 48.7 Å². The third kappa shape index (κ3) is 3.11. The van der Waals surface area contributed by atoms with Crippen LogP contribution in [0.2, 0.25) is 0 Å². The molecule has 0 saturated heterocycles. The first-order chi connectivity index (χ1) is 13.6. The highest BCUT2D eigenvalue weighted by atomic mass is 32.1. The predicted molar refractivity (Wildman–Crippen MR) is 107 cm³/mol. The third-order valence-electron chi connectivity index (χ3n) is 4.89. The number of aryl methyl sites for hydroxylation is 1. The number of benzene rings is 1. The zero-order chi connectivity index (χ0) is 19.3. The van der Waals surface area contributed by atoms with Crippen LogP contribution >= 0.6 is 11.3 Å². The molecule has 140 valence electrons. The molecule has 4 aromatic rings. The number of nitrogens with one attached hydrogen (secondary N) is 1. The molecule has 3 aromatic heterocycles. The van der Waals surface area contributed by atoms with E-state index < -0.39 is 11.6 Å². The summed E-state index contributed by atoms with van der Waals surface area (Å²) < 4.78 is 26.7. The highest BCUT2D eigenvalue weighted by Crippen LogP contribution is 2.44. The summed E-state index contributed by atoms with van der Waals surface area (Å²) in [6, 6.07) is 12.0. The molecule has 7 heteroatoms. The van der Waals surface area contributed by atoms with Crippen molar-refractivity contribution in [3.05, 3.63) is 70.7 Å². The van der Waals surface area contributed by atoms with E-state index in [2.05, 4.69) is 21.4 Å². The van der Waals surface area contributed by atoms with E-state index in [1.165, 1.54) is 12.1 Å². The van der Waals surface area contributed by atoms with E-state index >= 15 is 0 Å². The normalized spacial score (nSPS) is 18.4. The van der Waals surface area contributed by atoms with Crippen molar-refractivity contribution in [1.29, 1.82) is 0 Å². The lowest BCUT2D eigenvalue weighted by molar-refractivity contribution is 0.507. The van der Waals surface area contributed by atoms with Gasteiger partial charge in [-0.05, 0) is 49.2 Å². The second-order valence-corrected chi connectivity index (χ2v) is 8.19. The summed E-state index contributed by atoms with van der Waals surface area (Å²) >= 11 is 1.61. The summed E-state index contributed by atoms with van der Waals surface area (Å²) in [5, 5.41) is 4.45. The average Bonchev–Trinajstić information content (AvgIpc) is 3.35. The van der Waals surface area contributed by atoms with Gasteiger partial charge in [0.25, 0.3) is 0 Å². The minimum atomic E-state index is -0.819. The number of pyridine rings is 1. The van der Waals surface area contributed by atoms with E-state index in [9.17, 15) is 8.78 Å². The lowest BCUT2D eigenvalue weighted by Crippen LogP contribution is -2.08. The van der Waals surface area contributed by atoms with Crippen molar-refractivity contribution in [3.8, 4) is 11.5 Å². The Hall–Kier alpha value is -2.93. The highest BCUT2D eigenvalue weighted by molar-refractivity contribution is 7.18. The largest absolute Gasteiger partial charge is 0.366 e. The first-order valence-electron chi connectivity index (χ1n) is 8.99. The Balaban J connectivity index is 1.48. The average molecular weight is 394 g/mol. The fourth-order valence-corrected chi connectivity index (χ4v) is 4.28. The smallest absolute Gasteiger partial charge is 0.181 e. The second kappa shape index (κ2) is 6.60. The zero-order valence-electron chi connectivity index (χ0n) is 15.0. The van der Waals surface area contributed by atoms with E-state index in [1.807, 2.05) is 25.1 Å². The Kier molecular flexibility index (Phi) is 4.05. The van der Waals surface area contributed by atoms with Gasteiger partial charge < -0.3 is 5.32 Å². The maximum absolute atomic E-state index is 13.6. The molecule has 3 heterocycles. The van der Waals surface area contributed by atoms with Crippen molar-refractivity contribution in [3.63, 3.8) is 0 Å². The lowest BCUT2D eigenvalue weighted by Gasteiger charge is -2.09. The van der Waals surface area contributed by atoms with Crippen LogP contribution in [0.3, 0.4) is 0 Å². The highest BCUT2D eigenvalue weighted by Gasteiger charge is 2.39. The molecule has 1 N–H and O–H groups in total. The molecule has 4 nitrogen and oxygen atoms in total. The Labute approximate surface area is 164 Å². The lowest BCUT2D eigenvalue weighted by atomic mass is 10.1. The topological polar surface area (TPSA) is 50.7 Å². The molecule has 0 aliphatic heterocycles. The SMILES string of the molecule is Cc1cc2c(N[C@@H]3C[C@H]3c3ccc(F)c(F)c3)nc(-c3ccccn3)nc2s1. The van der Waals surface area contributed by atoms with Gasteiger partial charge in [0.2, 0.25) is 0 Å². The third-order valence-corrected chi connectivity index (χ3v) is 5.84. The molecule has 2 atom stereocenters. The van der Waals surface area contributed by atoms with Gasteiger partial charge in [-0.25, -0.2) is 18.7 Å². The number of rotatable bonds is 4. The van der Waals surface area contributed by atoms with Gasteiger partial charge in [-0.15, -0.1) is 11.3 Å². The number of anilines is 1. The number of nitrogens with zero attached hydrogens (tertiary/aromatic N) is 3. The van der Waals surface area contributed by atoms with E-state index in [0.29, 0.717) is 11.5 Å². The summed E-state index contributed by atoms with van der Waals surface area (Å²) in [4.78, 5) is 15.8. The Morgan fingerprint density at radius 3 is 2.75 bits per heavy atom. The van der Waals surface area contributed by atoms with E-state index in [-0.39, 0.29) is 12.0 Å². The van der Waals surface area contributed by atoms with E-state index in [4.69, 9.17) is 4.98 Å². The molecule has 1 aliphatic carbocycles. The molecule has 0 spiro atoms. The first-order valence-corrected chi connectivity index (χ1v) is 9.81. The van der Waals surface area contributed by atoms with E-state index in [1.54, 1.807) is 23.6 Å². The molecule has 1 aromatic carbocycles. The van der Waals surface area contributed by atoms with Crippen LogP contribution < -0.4 is 5.32 Å². The minimum absolute atomic E-state index is 0.125. The summed E-state index contributed by atoms with van der Waals surface area (Å²) in [5.41, 5.74) is 1.51. The molecular formula is C21H16F2N4S. The van der Waals surface area contributed by atoms with Gasteiger partial charge in [-0.3, -0.25) is 4.98 Å². The van der Waals surface area contributed by atoms with Crippen LogP contribution in [0.25, 0.3) is 21.7 Å². The molecule has 1 aliphatic rings. The van der Waals surface area contributed by atoms with Gasteiger partial charge in [0.05, 0.1) is 5.39 Å². The molecule has 5 rings (SSSR count). The van der Waals surface area contributed by atoms with Crippen molar-refractivity contribution >= 4 is 27.4 Å². The van der Waals surface area contributed by atoms with Crippen LogP contribution in [-0.4, -0.2) is 21.0 Å².